The summed E-state index contributed by atoms with van der Waals surface area (Å²) in [5.74, 6) is 0. The largest absolute Gasteiger partial charge is 0.435 e. The van der Waals surface area contributed by atoms with Crippen LogP contribution in [-0.2, 0) is 4.74 Å². The lowest BCUT2D eigenvalue weighted by Crippen LogP contribution is -2.67. The minimum Gasteiger partial charge on any atom is -0.357 e. The molecule has 1 unspecified atom stereocenters. The molecule has 11 heteroatoms. The minimum absolute atomic E-state index is 2.04. The molecular formula is C6H2F10O. The monoisotopic (exact) mass is 280 g/mol. The van der Waals surface area contributed by atoms with Crippen LogP contribution in [-0.4, -0.2) is 36.4 Å². The van der Waals surface area contributed by atoms with Gasteiger partial charge < -0.3 is 4.74 Å². The van der Waals surface area contributed by atoms with Gasteiger partial charge in [-0.25, -0.2) is 4.39 Å². The highest BCUT2D eigenvalue weighted by molar-refractivity contribution is 5.20. The molecule has 1 rings (SSSR count). The second-order valence-electron chi connectivity index (χ2n) is 3.27. The average Bonchev–Trinajstić information content (AvgIpc) is 2.75. The Morgan fingerprint density at radius 1 is 0.706 bits per heavy atom. The molecule has 0 radical (unpaired) electrons. The van der Waals surface area contributed by atoms with Crippen molar-refractivity contribution in [2.75, 3.05) is 6.61 Å². The van der Waals surface area contributed by atoms with Crippen LogP contribution in [0.1, 0.15) is 0 Å². The highest BCUT2D eigenvalue weighted by Crippen LogP contribution is 2.63. The van der Waals surface area contributed by atoms with Gasteiger partial charge in [0.15, 0.2) is 0 Å². The van der Waals surface area contributed by atoms with Crippen LogP contribution in [0, 0.1) is 0 Å². The molecule has 0 aliphatic carbocycles. The summed E-state index contributed by atoms with van der Waals surface area (Å²) in [6.45, 7) is -2.04. The van der Waals surface area contributed by atoms with Crippen molar-refractivity contribution >= 4 is 0 Å². The SMILES string of the molecule is FC(F)(F)C1(C(F)(C(F)(F)F)C(F)(F)F)CO1. The summed E-state index contributed by atoms with van der Waals surface area (Å²) >= 11 is 0. The third-order valence-corrected chi connectivity index (χ3v) is 2.23. The summed E-state index contributed by atoms with van der Waals surface area (Å²) in [4.78, 5) is 0. The summed E-state index contributed by atoms with van der Waals surface area (Å²) < 4.78 is 124. The molecule has 1 aliphatic rings. The van der Waals surface area contributed by atoms with E-state index in [1.165, 1.54) is 0 Å². The number of rotatable bonds is 1. The smallest absolute Gasteiger partial charge is 0.357 e. The Bertz CT molecular complexity index is 290. The van der Waals surface area contributed by atoms with E-state index in [1.807, 2.05) is 0 Å². The van der Waals surface area contributed by atoms with E-state index in [1.54, 1.807) is 0 Å². The molecule has 0 aromatic carbocycles. The van der Waals surface area contributed by atoms with Crippen molar-refractivity contribution in [1.29, 1.82) is 0 Å². The Hall–Kier alpha value is -0.740. The van der Waals surface area contributed by atoms with Gasteiger partial charge >= 0.3 is 24.2 Å². The van der Waals surface area contributed by atoms with Gasteiger partial charge in [0.1, 0.15) is 0 Å². The highest BCUT2D eigenvalue weighted by Gasteiger charge is 2.93. The Balaban J connectivity index is 3.39. The molecule has 1 fully saturated rings. The first kappa shape index (κ1) is 14.3. The van der Waals surface area contributed by atoms with E-state index in [4.69, 9.17) is 0 Å². The molecule has 0 spiro atoms. The van der Waals surface area contributed by atoms with Gasteiger partial charge in [-0.2, -0.15) is 39.5 Å². The third kappa shape index (κ3) is 1.66. The quantitative estimate of drug-likeness (QED) is 0.531. The van der Waals surface area contributed by atoms with Crippen molar-refractivity contribution in [3.05, 3.63) is 0 Å². The van der Waals surface area contributed by atoms with Gasteiger partial charge in [0, 0.05) is 0 Å². The number of alkyl halides is 10. The number of hydrogen-bond donors (Lipinski definition) is 0. The van der Waals surface area contributed by atoms with Crippen LogP contribution in [0.15, 0.2) is 0 Å². The first-order valence-electron chi connectivity index (χ1n) is 3.74. The minimum atomic E-state index is -6.79. The first-order valence-corrected chi connectivity index (χ1v) is 3.74. The van der Waals surface area contributed by atoms with E-state index in [0.717, 1.165) is 0 Å². The summed E-state index contributed by atoms with van der Waals surface area (Å²) in [7, 11) is 0. The van der Waals surface area contributed by atoms with E-state index in [0.29, 0.717) is 0 Å². The summed E-state index contributed by atoms with van der Waals surface area (Å²) in [6.07, 6.45) is -19.7. The summed E-state index contributed by atoms with van der Waals surface area (Å²) in [5.41, 5.74) is -11.4. The Morgan fingerprint density at radius 2 is 1.00 bits per heavy atom. The fourth-order valence-electron chi connectivity index (χ4n) is 1.25. The molecule has 1 atom stereocenters. The van der Waals surface area contributed by atoms with Crippen molar-refractivity contribution in [3.8, 4) is 0 Å². The second kappa shape index (κ2) is 3.18. The molecule has 0 aromatic rings. The lowest BCUT2D eigenvalue weighted by atomic mass is 9.87. The fourth-order valence-corrected chi connectivity index (χ4v) is 1.25. The molecule has 0 aromatic heterocycles. The van der Waals surface area contributed by atoms with Crippen LogP contribution >= 0.6 is 0 Å². The van der Waals surface area contributed by atoms with E-state index < -0.39 is 36.4 Å². The van der Waals surface area contributed by atoms with E-state index in [9.17, 15) is 43.9 Å². The van der Waals surface area contributed by atoms with Crippen LogP contribution in [0.5, 0.6) is 0 Å². The fraction of sp³-hybridized carbons (Fsp3) is 1.00. The lowest BCUT2D eigenvalue weighted by Gasteiger charge is -2.35. The molecule has 0 bridgehead atoms. The Kier molecular flexibility index (Phi) is 2.68. The van der Waals surface area contributed by atoms with E-state index in [2.05, 4.69) is 4.74 Å². The third-order valence-electron chi connectivity index (χ3n) is 2.23. The van der Waals surface area contributed by atoms with Gasteiger partial charge in [-0.05, 0) is 0 Å². The van der Waals surface area contributed by atoms with Crippen LogP contribution in [0.3, 0.4) is 0 Å². The van der Waals surface area contributed by atoms with Crippen LogP contribution in [0.4, 0.5) is 43.9 Å². The number of ether oxygens (including phenoxy) is 1. The normalized spacial score (nSPS) is 27.2. The topological polar surface area (TPSA) is 12.5 Å². The van der Waals surface area contributed by atoms with E-state index >= 15 is 0 Å². The number of epoxide rings is 1. The maximum Gasteiger partial charge on any atom is 0.435 e. The van der Waals surface area contributed by atoms with Crippen LogP contribution < -0.4 is 0 Å². The highest BCUT2D eigenvalue weighted by atomic mass is 19.4. The summed E-state index contributed by atoms with van der Waals surface area (Å²) in [6, 6.07) is 0. The second-order valence-corrected chi connectivity index (χ2v) is 3.27. The maximum absolute atomic E-state index is 13.0. The number of halogens is 10. The van der Waals surface area contributed by atoms with Crippen molar-refractivity contribution in [3.63, 3.8) is 0 Å². The molecule has 1 saturated heterocycles. The Labute approximate surface area is 86.3 Å². The van der Waals surface area contributed by atoms with Crippen molar-refractivity contribution in [1.82, 2.24) is 0 Å². The molecule has 0 N–H and O–H groups in total. The van der Waals surface area contributed by atoms with Gasteiger partial charge in [0.2, 0.25) is 5.60 Å². The maximum atomic E-state index is 13.0. The molecule has 1 nitrogen and oxygen atoms in total. The summed E-state index contributed by atoms with van der Waals surface area (Å²) in [5, 5.41) is 0. The zero-order valence-electron chi connectivity index (χ0n) is 7.39. The van der Waals surface area contributed by atoms with Gasteiger partial charge in [-0.1, -0.05) is 0 Å². The molecule has 102 valence electrons. The van der Waals surface area contributed by atoms with E-state index in [-0.39, 0.29) is 0 Å². The van der Waals surface area contributed by atoms with Crippen molar-refractivity contribution < 1.29 is 48.6 Å². The zero-order chi connectivity index (χ0) is 13.9. The van der Waals surface area contributed by atoms with Gasteiger partial charge in [0.25, 0.3) is 0 Å². The number of hydrogen-bond acceptors (Lipinski definition) is 1. The standard InChI is InChI=1S/C6H2F10O/c7-3(5(11,12)13,6(14,15)16)2(1-17-2)4(8,9)10/h1H2. The Morgan fingerprint density at radius 3 is 1.06 bits per heavy atom. The molecule has 1 heterocycles. The molecule has 1 aliphatic heterocycles. The zero-order valence-corrected chi connectivity index (χ0v) is 7.39. The van der Waals surface area contributed by atoms with Crippen molar-refractivity contribution in [2.24, 2.45) is 0 Å². The molecule has 0 saturated carbocycles. The average molecular weight is 280 g/mol. The predicted octanol–water partition coefficient (Wildman–Crippen LogP) is 3.15. The van der Waals surface area contributed by atoms with Gasteiger partial charge in [0.05, 0.1) is 6.61 Å². The van der Waals surface area contributed by atoms with Crippen molar-refractivity contribution in [2.45, 2.75) is 29.8 Å². The molecule has 0 amide bonds. The van der Waals surface area contributed by atoms with Gasteiger partial charge in [-0.15, -0.1) is 0 Å². The lowest BCUT2D eigenvalue weighted by molar-refractivity contribution is -0.388. The van der Waals surface area contributed by atoms with Crippen LogP contribution in [0.2, 0.25) is 0 Å². The van der Waals surface area contributed by atoms with Gasteiger partial charge in [-0.3, -0.25) is 0 Å². The molecular weight excluding hydrogens is 278 g/mol. The first-order chi connectivity index (χ1) is 7.21. The molecule has 17 heavy (non-hydrogen) atoms. The van der Waals surface area contributed by atoms with Crippen LogP contribution in [0.25, 0.3) is 0 Å². The predicted molar refractivity (Wildman–Crippen MR) is 30.7 cm³/mol.